The number of allylic oxidation sites excluding steroid dienone is 3. The average molecular weight is 338 g/mol. The van der Waals surface area contributed by atoms with E-state index in [2.05, 4.69) is 17.9 Å². The van der Waals surface area contributed by atoms with Crippen molar-refractivity contribution in [1.82, 2.24) is 4.90 Å². The van der Waals surface area contributed by atoms with Crippen LogP contribution in [0.25, 0.3) is 0 Å². The van der Waals surface area contributed by atoms with Gasteiger partial charge in [0.25, 0.3) is 0 Å². The molecule has 0 bridgehead atoms. The Morgan fingerprint density at radius 1 is 1.52 bits per heavy atom. The highest BCUT2D eigenvalue weighted by molar-refractivity contribution is 6.31. The summed E-state index contributed by atoms with van der Waals surface area (Å²) in [6.07, 6.45) is 7.19. The summed E-state index contributed by atoms with van der Waals surface area (Å²) >= 11 is 6.43. The van der Waals surface area contributed by atoms with E-state index in [1.165, 1.54) is 5.57 Å². The number of likely N-dealkylation sites (tertiary alicyclic amines) is 1. The Morgan fingerprint density at radius 2 is 2.26 bits per heavy atom. The number of halogens is 1. The van der Waals surface area contributed by atoms with Gasteiger partial charge >= 0.3 is 5.97 Å². The Balaban J connectivity index is 1.92. The van der Waals surface area contributed by atoms with Crippen molar-refractivity contribution in [1.29, 1.82) is 0 Å². The Bertz CT molecular complexity index is 611. The molecule has 4 nitrogen and oxygen atoms in total. The summed E-state index contributed by atoms with van der Waals surface area (Å²) in [4.78, 5) is 27.0. The first-order valence-corrected chi connectivity index (χ1v) is 8.70. The molecule has 126 valence electrons. The normalized spacial score (nSPS) is 37.4. The number of piperidine rings is 1. The molecule has 2 aliphatic carbocycles. The summed E-state index contributed by atoms with van der Waals surface area (Å²) in [6.45, 7) is 4.72. The van der Waals surface area contributed by atoms with Gasteiger partial charge in [-0.15, -0.1) is 0 Å². The van der Waals surface area contributed by atoms with Crippen molar-refractivity contribution in [2.75, 3.05) is 20.2 Å². The van der Waals surface area contributed by atoms with Crippen molar-refractivity contribution >= 4 is 23.4 Å². The highest BCUT2D eigenvalue weighted by Gasteiger charge is 2.61. The van der Waals surface area contributed by atoms with Crippen LogP contribution in [0.2, 0.25) is 0 Å². The van der Waals surface area contributed by atoms with E-state index < -0.39 is 5.92 Å². The fourth-order valence-electron chi connectivity index (χ4n) is 4.80. The predicted octanol–water partition coefficient (Wildman–Crippen LogP) is 3.06. The van der Waals surface area contributed by atoms with E-state index in [1.807, 2.05) is 13.1 Å². The van der Waals surface area contributed by atoms with Gasteiger partial charge < -0.3 is 4.74 Å². The summed E-state index contributed by atoms with van der Waals surface area (Å²) in [5.74, 6) is -1.04. The minimum Gasteiger partial charge on any atom is -0.465 e. The van der Waals surface area contributed by atoms with Crippen molar-refractivity contribution in [3.05, 3.63) is 22.8 Å². The number of carbonyl (C=O) groups is 2. The molecule has 0 radical (unpaired) electrons. The highest BCUT2D eigenvalue weighted by atomic mass is 35.5. The minimum atomic E-state index is -0.656. The second-order valence-corrected chi connectivity index (χ2v) is 7.53. The molecule has 23 heavy (non-hydrogen) atoms. The lowest BCUT2D eigenvalue weighted by Gasteiger charge is -2.53. The van der Waals surface area contributed by atoms with Crippen LogP contribution in [0.5, 0.6) is 0 Å². The van der Waals surface area contributed by atoms with Crippen molar-refractivity contribution in [2.45, 2.75) is 45.1 Å². The van der Waals surface area contributed by atoms with E-state index in [0.717, 1.165) is 24.3 Å². The molecule has 2 unspecified atom stereocenters. The summed E-state index contributed by atoms with van der Waals surface area (Å²) in [5.41, 5.74) is 0.881. The van der Waals surface area contributed by atoms with E-state index in [1.54, 1.807) is 6.92 Å². The number of ketones is 1. The maximum Gasteiger partial charge on any atom is 0.317 e. The largest absolute Gasteiger partial charge is 0.465 e. The van der Waals surface area contributed by atoms with Gasteiger partial charge in [0.05, 0.1) is 6.61 Å². The zero-order valence-corrected chi connectivity index (χ0v) is 14.8. The molecule has 0 aromatic carbocycles. The molecular formula is C18H24ClNO3. The predicted molar refractivity (Wildman–Crippen MR) is 89.1 cm³/mol. The molecule has 1 spiro atoms. The summed E-state index contributed by atoms with van der Waals surface area (Å²) in [5, 5.41) is 0.823. The van der Waals surface area contributed by atoms with Crippen LogP contribution in [-0.2, 0) is 14.3 Å². The maximum atomic E-state index is 12.7. The molecular weight excluding hydrogens is 314 g/mol. The van der Waals surface area contributed by atoms with Crippen LogP contribution < -0.4 is 0 Å². The van der Waals surface area contributed by atoms with Gasteiger partial charge in [0.1, 0.15) is 11.7 Å². The van der Waals surface area contributed by atoms with Gasteiger partial charge in [-0.1, -0.05) is 24.6 Å². The van der Waals surface area contributed by atoms with Gasteiger partial charge in [0, 0.05) is 29.0 Å². The van der Waals surface area contributed by atoms with Gasteiger partial charge in [-0.25, -0.2) is 0 Å². The summed E-state index contributed by atoms with van der Waals surface area (Å²) < 4.78 is 5.07. The van der Waals surface area contributed by atoms with Gasteiger partial charge in [-0.05, 0) is 44.9 Å². The molecule has 1 aliphatic heterocycles. The van der Waals surface area contributed by atoms with Gasteiger partial charge in [0.15, 0.2) is 0 Å². The Morgan fingerprint density at radius 3 is 2.96 bits per heavy atom. The molecule has 1 saturated carbocycles. The first-order valence-electron chi connectivity index (χ1n) is 8.32. The molecule has 3 atom stereocenters. The monoisotopic (exact) mass is 337 g/mol. The van der Waals surface area contributed by atoms with Crippen molar-refractivity contribution in [3.8, 4) is 0 Å². The number of nitrogens with zero attached hydrogens (tertiary/aromatic N) is 1. The SMILES string of the molecule is CCOC(=O)C1CN(C)[C@@]2(CCC3=C(Cl)C=CCC32C)CC1=O. The number of fused-ring (bicyclic) bond motifs is 2. The fraction of sp³-hybridized carbons (Fsp3) is 0.667. The third-order valence-corrected chi connectivity index (χ3v) is 6.53. The molecule has 0 amide bonds. The lowest BCUT2D eigenvalue weighted by molar-refractivity contribution is -0.158. The number of hydrogen-bond acceptors (Lipinski definition) is 4. The quantitative estimate of drug-likeness (QED) is 0.574. The minimum absolute atomic E-state index is 0.00898. The van der Waals surface area contributed by atoms with Gasteiger partial charge in [-0.2, -0.15) is 0 Å². The summed E-state index contributed by atoms with van der Waals surface area (Å²) in [6, 6.07) is 0. The topological polar surface area (TPSA) is 46.6 Å². The van der Waals surface area contributed by atoms with E-state index in [4.69, 9.17) is 16.3 Å². The van der Waals surface area contributed by atoms with Crippen LogP contribution in [0.4, 0.5) is 0 Å². The molecule has 3 aliphatic rings. The number of hydrogen-bond donors (Lipinski definition) is 0. The van der Waals surface area contributed by atoms with E-state index >= 15 is 0 Å². The molecule has 1 heterocycles. The first kappa shape index (κ1) is 16.7. The second kappa shape index (κ2) is 5.75. The molecule has 1 saturated heterocycles. The third-order valence-electron chi connectivity index (χ3n) is 6.17. The Kier molecular flexibility index (Phi) is 4.18. The van der Waals surface area contributed by atoms with Gasteiger partial charge in [-0.3, -0.25) is 14.5 Å². The lowest BCUT2D eigenvalue weighted by Crippen LogP contribution is -2.62. The molecule has 0 N–H and O–H groups in total. The molecule has 3 rings (SSSR count). The van der Waals surface area contributed by atoms with Crippen LogP contribution in [0.3, 0.4) is 0 Å². The molecule has 5 heteroatoms. The molecule has 0 aromatic rings. The molecule has 0 aromatic heterocycles. The van der Waals surface area contributed by atoms with E-state index in [-0.39, 0.29) is 22.7 Å². The zero-order chi connectivity index (χ0) is 16.8. The molecule has 2 fully saturated rings. The van der Waals surface area contributed by atoms with Crippen LogP contribution in [0, 0.1) is 11.3 Å². The van der Waals surface area contributed by atoms with Crippen molar-refractivity contribution in [2.24, 2.45) is 11.3 Å². The van der Waals surface area contributed by atoms with E-state index in [9.17, 15) is 9.59 Å². The number of Topliss-reactive ketones (excluding diaryl/α,β-unsaturated/α-hetero) is 1. The lowest BCUT2D eigenvalue weighted by atomic mass is 9.62. The average Bonchev–Trinajstić information content (AvgIpc) is 2.78. The highest BCUT2D eigenvalue weighted by Crippen LogP contribution is 2.60. The van der Waals surface area contributed by atoms with Gasteiger partial charge in [0.2, 0.25) is 0 Å². The first-order chi connectivity index (χ1) is 10.9. The number of esters is 1. The van der Waals surface area contributed by atoms with E-state index in [0.29, 0.717) is 19.6 Å². The third kappa shape index (κ3) is 2.30. The number of ether oxygens (including phenoxy) is 1. The van der Waals surface area contributed by atoms with Crippen LogP contribution >= 0.6 is 11.6 Å². The maximum absolute atomic E-state index is 12.7. The Labute approximate surface area is 142 Å². The number of carbonyl (C=O) groups excluding carboxylic acids is 2. The summed E-state index contributed by atoms with van der Waals surface area (Å²) in [7, 11) is 2.03. The zero-order valence-electron chi connectivity index (χ0n) is 14.0. The van der Waals surface area contributed by atoms with Crippen LogP contribution in [0.15, 0.2) is 22.8 Å². The Hall–Kier alpha value is -1.13. The van der Waals surface area contributed by atoms with Crippen molar-refractivity contribution < 1.29 is 14.3 Å². The fourth-order valence-corrected chi connectivity index (χ4v) is 5.19. The standard InChI is InChI=1S/C18H24ClNO3/c1-4-23-16(22)12-11-20(3)18(10-15(12)21)9-7-13-14(19)6-5-8-17(13,18)2/h5-6,12H,4,7-11H2,1-3H3/t12?,17?,18-/m0/s1. The number of rotatable bonds is 2. The van der Waals surface area contributed by atoms with Crippen LogP contribution in [0.1, 0.15) is 39.5 Å². The second-order valence-electron chi connectivity index (χ2n) is 7.12. The van der Waals surface area contributed by atoms with Crippen molar-refractivity contribution in [3.63, 3.8) is 0 Å². The van der Waals surface area contributed by atoms with Crippen LogP contribution in [-0.4, -0.2) is 42.4 Å². The smallest absolute Gasteiger partial charge is 0.317 e.